The first kappa shape index (κ1) is 23.4. The molecule has 0 heterocycles. The molecule has 0 unspecified atom stereocenters. The van der Waals surface area contributed by atoms with Gasteiger partial charge in [0.2, 0.25) is 12.5 Å². The maximum atomic E-state index is 13.3. The second-order valence-corrected chi connectivity index (χ2v) is 7.84. The number of benzene rings is 1. The molecule has 0 saturated heterocycles. The molecule has 0 bridgehead atoms. The molecule has 3 aliphatic rings. The molecule has 1 aromatic carbocycles. The van der Waals surface area contributed by atoms with Crippen molar-refractivity contribution in [1.29, 1.82) is 0 Å². The van der Waals surface area contributed by atoms with Crippen molar-refractivity contribution in [3.05, 3.63) is 40.2 Å². The topological polar surface area (TPSA) is 210 Å². The van der Waals surface area contributed by atoms with Gasteiger partial charge in [0, 0.05) is 17.9 Å². The van der Waals surface area contributed by atoms with Gasteiger partial charge in [-0.2, -0.15) is 0 Å². The summed E-state index contributed by atoms with van der Waals surface area (Å²) in [6.45, 7) is 0.0513. The number of hydrogen-bond acceptors (Lipinski definition) is 9. The predicted molar refractivity (Wildman–Crippen MR) is 103 cm³/mol. The molecule has 1 aromatic rings. The molecule has 12 heteroatoms. The Morgan fingerprint density at radius 2 is 1.91 bits per heavy atom. The molecule has 1 saturated carbocycles. The van der Waals surface area contributed by atoms with Crippen LogP contribution in [0.3, 0.4) is 0 Å². The number of phenols is 1. The van der Waals surface area contributed by atoms with Crippen LogP contribution in [0.2, 0.25) is 0 Å². The van der Waals surface area contributed by atoms with E-state index < -0.39 is 52.0 Å². The molecule has 0 radical (unpaired) electrons. The van der Waals surface area contributed by atoms with E-state index >= 15 is 0 Å². The van der Waals surface area contributed by atoms with Crippen LogP contribution >= 0.6 is 0 Å². The molecular weight excluding hydrogens is 444 g/mol. The third-order valence-electron chi connectivity index (χ3n) is 6.21. The van der Waals surface area contributed by atoms with Crippen LogP contribution in [0.4, 0.5) is 5.69 Å². The number of halogens is 1. The minimum Gasteiger partial charge on any atom is -1.00 e. The number of aliphatic hydroxyl groups excluding tert-OH is 2. The molecule has 4 rings (SSSR count). The average molecular weight is 465 g/mol. The van der Waals surface area contributed by atoms with Gasteiger partial charge < -0.3 is 38.6 Å². The van der Waals surface area contributed by atoms with Gasteiger partial charge in [-0.1, -0.05) is 0 Å². The molecule has 170 valence electrons. The molecule has 1 amide bonds. The summed E-state index contributed by atoms with van der Waals surface area (Å²) in [6, 6.07) is 2.81. The van der Waals surface area contributed by atoms with Crippen LogP contribution in [0.5, 0.6) is 5.75 Å². The van der Waals surface area contributed by atoms with Crippen molar-refractivity contribution in [3.8, 4) is 5.75 Å². The molecule has 3 aliphatic carbocycles. The lowest BCUT2D eigenvalue weighted by Crippen LogP contribution is -3.00. The van der Waals surface area contributed by atoms with Gasteiger partial charge >= 0.3 is 0 Å². The minimum absolute atomic E-state index is 0. The number of nitrogens with one attached hydrogen (secondary N) is 1. The summed E-state index contributed by atoms with van der Waals surface area (Å²) in [5, 5.41) is 49.6. The lowest BCUT2D eigenvalue weighted by molar-refractivity contribution is -0.526. The summed E-state index contributed by atoms with van der Waals surface area (Å²) in [7, 11) is 0. The number of Topliss-reactive ketones (excluding diaryl/α,β-unsaturated/α-hetero) is 2. The van der Waals surface area contributed by atoms with E-state index in [4.69, 9.17) is 11.5 Å². The lowest BCUT2D eigenvalue weighted by atomic mass is 9.59. The number of fused-ring (bicyclic) bond motifs is 3. The van der Waals surface area contributed by atoms with Crippen LogP contribution in [0.25, 0.3) is 5.76 Å². The van der Waals surface area contributed by atoms with Crippen LogP contribution in [0.15, 0.2) is 34.2 Å². The van der Waals surface area contributed by atoms with E-state index in [0.717, 1.165) is 0 Å². The van der Waals surface area contributed by atoms with E-state index in [2.05, 4.69) is 10.2 Å². The summed E-state index contributed by atoms with van der Waals surface area (Å²) in [4.78, 5) is 37.3. The highest BCUT2D eigenvalue weighted by Gasteiger charge is 2.60. The smallest absolute Gasteiger partial charge is 0.255 e. The van der Waals surface area contributed by atoms with Crippen LogP contribution in [0, 0.1) is 11.8 Å². The number of rotatable bonds is 3. The van der Waals surface area contributed by atoms with Crippen molar-refractivity contribution in [2.75, 3.05) is 6.67 Å². The number of nitrogens with two attached hydrogens (primary N) is 2. The fourth-order valence-electron chi connectivity index (χ4n) is 4.84. The van der Waals surface area contributed by atoms with E-state index in [0.29, 0.717) is 11.3 Å². The van der Waals surface area contributed by atoms with Gasteiger partial charge in [0.15, 0.2) is 11.4 Å². The zero-order valence-corrected chi connectivity index (χ0v) is 17.4. The predicted octanol–water partition coefficient (Wildman–Crippen LogP) is -4.49. The highest BCUT2D eigenvalue weighted by Crippen LogP contribution is 2.52. The highest BCUT2D eigenvalue weighted by molar-refractivity contribution is 6.22. The standard InChI is InChI=1S/C20H20N4O7.ClH/c21-6-23-24-10-1-2-11(25)14-9(10)4-7-3-8-5-12(26)15(19(22)30)18(29)20(8,31)17(28)13(7)16(14)27;/h1-2,7-8,25,27,29,31H,3-6,21H2,(H2,22,30);1H/t7-,8+,20+;/m1./s1. The van der Waals surface area contributed by atoms with Gasteiger partial charge in [0.1, 0.15) is 28.5 Å². The van der Waals surface area contributed by atoms with E-state index in [1.54, 1.807) is 0 Å². The van der Waals surface area contributed by atoms with Gasteiger partial charge in [-0.25, -0.2) is 0 Å². The highest BCUT2D eigenvalue weighted by atomic mass is 35.5. The van der Waals surface area contributed by atoms with Crippen molar-refractivity contribution in [2.24, 2.45) is 28.4 Å². The van der Waals surface area contributed by atoms with Gasteiger partial charge in [-0.05, 0) is 41.6 Å². The van der Waals surface area contributed by atoms with Crippen molar-refractivity contribution in [1.82, 2.24) is 0 Å². The second-order valence-electron chi connectivity index (χ2n) is 7.84. The van der Waals surface area contributed by atoms with Crippen LogP contribution < -0.4 is 29.0 Å². The van der Waals surface area contributed by atoms with Crippen molar-refractivity contribution in [2.45, 2.75) is 24.9 Å². The molecule has 9 N–H and O–H groups in total. The largest absolute Gasteiger partial charge is 1.00 e. The molecule has 0 aliphatic heterocycles. The Morgan fingerprint density at radius 3 is 2.53 bits per heavy atom. The molecular formula is C20H21ClN4O7. The van der Waals surface area contributed by atoms with Crippen LogP contribution in [0.1, 0.15) is 24.0 Å². The Bertz CT molecular complexity index is 1140. The Morgan fingerprint density at radius 1 is 1.22 bits per heavy atom. The van der Waals surface area contributed by atoms with Gasteiger partial charge in [0.25, 0.3) is 5.91 Å². The van der Waals surface area contributed by atoms with E-state index in [1.807, 2.05) is 0 Å². The van der Waals surface area contributed by atoms with E-state index in [9.17, 15) is 34.8 Å². The number of amides is 1. The number of ketones is 2. The first-order chi connectivity index (χ1) is 14.6. The van der Waals surface area contributed by atoms with Crippen molar-refractivity contribution in [3.63, 3.8) is 0 Å². The van der Waals surface area contributed by atoms with Crippen LogP contribution in [-0.4, -0.2) is 50.2 Å². The minimum atomic E-state index is -2.58. The quantitative estimate of drug-likeness (QED) is 0.131. The molecule has 1 fully saturated rings. The Hall–Kier alpha value is -3.28. The molecule has 0 aromatic heterocycles. The third-order valence-corrected chi connectivity index (χ3v) is 6.21. The Kier molecular flexibility index (Phi) is 5.85. The Labute approximate surface area is 187 Å². The number of carbonyl (C=O) groups excluding carboxylic acids is 3. The summed E-state index contributed by atoms with van der Waals surface area (Å²) in [5.41, 5.74) is 7.80. The monoisotopic (exact) mass is 464 g/mol. The first-order valence-corrected chi connectivity index (χ1v) is 9.58. The summed E-state index contributed by atoms with van der Waals surface area (Å²) in [5.74, 6) is -6.65. The number of nitrogens with zero attached hydrogens (tertiary/aromatic N) is 1. The normalized spacial score (nSPS) is 27.1. The first-order valence-electron chi connectivity index (χ1n) is 9.58. The number of hydrogen-bond donors (Lipinski definition) is 7. The van der Waals surface area contributed by atoms with E-state index in [1.165, 1.54) is 12.1 Å². The summed E-state index contributed by atoms with van der Waals surface area (Å²) >= 11 is 0. The summed E-state index contributed by atoms with van der Waals surface area (Å²) < 4.78 is 0. The number of phenolic OH excluding ortho intramolecular Hbond substituents is 1. The van der Waals surface area contributed by atoms with Gasteiger partial charge in [-0.15, -0.1) is 5.11 Å². The van der Waals surface area contributed by atoms with Gasteiger partial charge in [0.05, 0.1) is 5.56 Å². The average Bonchev–Trinajstić information content (AvgIpc) is 2.70. The number of aliphatic hydroxyl groups is 3. The second kappa shape index (κ2) is 8.01. The fourth-order valence-corrected chi connectivity index (χ4v) is 4.84. The van der Waals surface area contributed by atoms with Crippen LogP contribution in [-0.2, 0) is 20.8 Å². The molecule has 0 spiro atoms. The number of aromatic hydroxyl groups is 1. The maximum Gasteiger partial charge on any atom is 0.255 e. The molecule has 11 nitrogen and oxygen atoms in total. The Balaban J connectivity index is 0.00000289. The molecule has 32 heavy (non-hydrogen) atoms. The molecule has 3 atom stereocenters. The van der Waals surface area contributed by atoms with Crippen molar-refractivity contribution < 1.29 is 52.3 Å². The number of primary amides is 1. The number of carbonyl (C=O) groups is 3. The van der Waals surface area contributed by atoms with Crippen molar-refractivity contribution >= 4 is 28.9 Å². The SMILES string of the molecule is NC[NH+]=Nc1ccc(O)c2c1C[C@H]1C[C@H]3CC(=O)C(C(N)=O)=C(O)[C@@]3(O)C(=O)C1=C2O.[Cl-]. The van der Waals surface area contributed by atoms with E-state index in [-0.39, 0.29) is 55.2 Å². The third kappa shape index (κ3) is 3.08. The lowest BCUT2D eigenvalue weighted by Gasteiger charge is -2.46. The summed E-state index contributed by atoms with van der Waals surface area (Å²) in [6.07, 6.45) is -0.135. The fraction of sp³-hybridized carbons (Fsp3) is 0.350. The number of azo groups is 1. The zero-order chi connectivity index (χ0) is 22.7. The van der Waals surface area contributed by atoms with Gasteiger partial charge in [-0.3, -0.25) is 20.1 Å². The zero-order valence-electron chi connectivity index (χ0n) is 16.6. The maximum absolute atomic E-state index is 13.3.